The van der Waals surface area contributed by atoms with Crippen LogP contribution in [-0.4, -0.2) is 101 Å². The van der Waals surface area contributed by atoms with Gasteiger partial charge in [-0.1, -0.05) is 37.6 Å². The van der Waals surface area contributed by atoms with Crippen LogP contribution in [0.1, 0.15) is 48.8 Å². The van der Waals surface area contributed by atoms with Gasteiger partial charge in [0, 0.05) is 49.3 Å². The van der Waals surface area contributed by atoms with Crippen LogP contribution in [0.15, 0.2) is 42.5 Å². The third kappa shape index (κ3) is 8.78. The summed E-state index contributed by atoms with van der Waals surface area (Å²) in [6, 6.07) is 13.4. The van der Waals surface area contributed by atoms with Crippen molar-refractivity contribution in [2.75, 3.05) is 65.1 Å². The maximum atomic E-state index is 14.1. The topological polar surface area (TPSA) is 116 Å². The third-order valence-corrected chi connectivity index (χ3v) is 8.96. The summed E-state index contributed by atoms with van der Waals surface area (Å²) in [5, 5.41) is 10.5. The van der Waals surface area contributed by atoms with Crippen LogP contribution in [0.3, 0.4) is 0 Å². The number of carboxylic acids is 1. The van der Waals surface area contributed by atoms with E-state index in [0.717, 1.165) is 64.7 Å². The predicted octanol–water partition coefficient (Wildman–Crippen LogP) is 3.07. The summed E-state index contributed by atoms with van der Waals surface area (Å²) in [4.78, 5) is 30.6. The fraction of sp³-hybridized carbons (Fsp3) is 0.562. The summed E-state index contributed by atoms with van der Waals surface area (Å²) in [5.41, 5.74) is 3.94. The lowest BCUT2D eigenvalue weighted by atomic mass is 9.83. The number of aliphatic carboxylic acids is 1. The highest BCUT2D eigenvalue weighted by atomic mass is 32.2. The molecule has 43 heavy (non-hydrogen) atoms. The van der Waals surface area contributed by atoms with E-state index in [1.807, 2.05) is 40.1 Å². The minimum absolute atomic E-state index is 0.0428. The lowest BCUT2D eigenvalue weighted by Gasteiger charge is -2.30. The lowest BCUT2D eigenvalue weighted by molar-refractivity contribution is -0.884. The number of carboxylic acid groups (broad SMARTS) is 1. The average molecular weight is 616 g/mol. The Balaban J connectivity index is 1.63. The molecular formula is C32H47N4O6S+. The van der Waals surface area contributed by atoms with Gasteiger partial charge in [0.25, 0.3) is 0 Å². The molecule has 236 valence electrons. The van der Waals surface area contributed by atoms with Crippen molar-refractivity contribution in [2.45, 2.75) is 51.1 Å². The molecule has 3 atom stereocenters. The fourth-order valence-corrected chi connectivity index (χ4v) is 6.85. The highest BCUT2D eigenvalue weighted by molar-refractivity contribution is 7.88. The highest BCUT2D eigenvalue weighted by Crippen LogP contribution is 2.41. The first-order valence-electron chi connectivity index (χ1n) is 15.1. The van der Waals surface area contributed by atoms with Crippen molar-refractivity contribution >= 4 is 27.6 Å². The molecular weight excluding hydrogens is 568 g/mol. The van der Waals surface area contributed by atoms with Crippen LogP contribution < -0.4 is 14.4 Å². The Bertz CT molecular complexity index is 1410. The van der Waals surface area contributed by atoms with Crippen molar-refractivity contribution in [3.05, 3.63) is 59.2 Å². The molecule has 1 saturated heterocycles. The van der Waals surface area contributed by atoms with Gasteiger partial charge in [-0.05, 0) is 42.2 Å². The van der Waals surface area contributed by atoms with E-state index >= 15 is 0 Å². The molecule has 4 rings (SSSR count). The van der Waals surface area contributed by atoms with E-state index < -0.39 is 28.0 Å². The van der Waals surface area contributed by atoms with Crippen molar-refractivity contribution in [1.29, 1.82) is 0 Å². The first-order valence-corrected chi connectivity index (χ1v) is 17.0. The van der Waals surface area contributed by atoms with Crippen molar-refractivity contribution < 1.29 is 32.3 Å². The van der Waals surface area contributed by atoms with Crippen molar-refractivity contribution in [2.24, 2.45) is 5.92 Å². The van der Waals surface area contributed by atoms with Gasteiger partial charge in [0.1, 0.15) is 12.3 Å². The molecule has 0 aliphatic carbocycles. The number of likely N-dealkylation sites (tertiary alicyclic amines) is 1. The van der Waals surface area contributed by atoms with Crippen LogP contribution in [0.2, 0.25) is 0 Å². The molecule has 0 radical (unpaired) electrons. The van der Waals surface area contributed by atoms with Crippen molar-refractivity contribution in [3.8, 4) is 5.75 Å². The number of fused-ring (bicyclic) bond motifs is 1. The number of unbranched alkanes of at least 4 members (excludes halogenated alkanes) is 1. The number of quaternary nitrogens is 1. The molecule has 0 unspecified atom stereocenters. The van der Waals surface area contributed by atoms with E-state index in [1.54, 1.807) is 0 Å². The average Bonchev–Trinajstić information content (AvgIpc) is 3.52. The molecule has 0 saturated carbocycles. The van der Waals surface area contributed by atoms with Gasteiger partial charge in [-0.25, -0.2) is 13.1 Å². The Morgan fingerprint density at radius 3 is 2.60 bits per heavy atom. The van der Waals surface area contributed by atoms with Gasteiger partial charge in [0.05, 0.1) is 46.5 Å². The van der Waals surface area contributed by atoms with Gasteiger partial charge in [-0.15, -0.1) is 0 Å². The molecule has 0 spiro atoms. The Hall–Kier alpha value is -2.99. The van der Waals surface area contributed by atoms with Gasteiger partial charge in [-0.3, -0.25) is 14.5 Å². The van der Waals surface area contributed by atoms with Crippen LogP contribution in [0, 0.1) is 5.92 Å². The Morgan fingerprint density at radius 2 is 1.93 bits per heavy atom. The number of amides is 1. The highest BCUT2D eigenvalue weighted by Gasteiger charge is 2.47. The number of rotatable bonds is 14. The third-order valence-electron chi connectivity index (χ3n) is 8.23. The molecule has 10 nitrogen and oxygen atoms in total. The summed E-state index contributed by atoms with van der Waals surface area (Å²) >= 11 is 0. The van der Waals surface area contributed by atoms with E-state index in [2.05, 4.69) is 44.9 Å². The number of nitrogens with one attached hydrogen (secondary N) is 1. The molecule has 2 aromatic carbocycles. The normalized spacial score (nSPS) is 20.5. The van der Waals surface area contributed by atoms with E-state index in [0.29, 0.717) is 19.7 Å². The number of hydrogen-bond donors (Lipinski definition) is 2. The number of ether oxygens (including phenoxy) is 1. The number of benzene rings is 2. The molecule has 2 aromatic rings. The van der Waals surface area contributed by atoms with E-state index in [-0.39, 0.29) is 31.3 Å². The molecule has 1 amide bonds. The van der Waals surface area contributed by atoms with Crippen LogP contribution >= 0.6 is 0 Å². The van der Waals surface area contributed by atoms with Gasteiger partial charge in [-0.2, -0.15) is 0 Å². The van der Waals surface area contributed by atoms with Crippen molar-refractivity contribution in [1.82, 2.24) is 9.62 Å². The van der Waals surface area contributed by atoms with Gasteiger partial charge >= 0.3 is 5.97 Å². The standard InChI is InChI=1S/C32H46N4O6S/c1-6-7-16-35(26-10-8-9-23(18-26)22-36(2,3)4)30(37)21-34-20-27(24-11-12-29-25(19-24)14-17-42-29)31(32(38)39)28(34)13-15-33-43(5,40)41/h8-12,18-19,27-28,31,33H,6-7,13-17,20-22H2,1-5H3/p+1/t27-,28+,31-/m1/s1. The summed E-state index contributed by atoms with van der Waals surface area (Å²) in [6.45, 7) is 4.60. The zero-order valence-corrected chi connectivity index (χ0v) is 26.9. The minimum atomic E-state index is -3.45. The summed E-state index contributed by atoms with van der Waals surface area (Å²) in [5.74, 6) is -1.36. The number of nitrogens with zero attached hydrogens (tertiary/aromatic N) is 3. The summed E-state index contributed by atoms with van der Waals surface area (Å²) in [6.07, 6.45) is 3.90. The quantitative estimate of drug-likeness (QED) is 0.314. The second-order valence-corrected chi connectivity index (χ2v) is 14.7. The lowest BCUT2D eigenvalue weighted by Crippen LogP contribution is -2.45. The zero-order valence-electron chi connectivity index (χ0n) is 26.1. The van der Waals surface area contributed by atoms with Crippen LogP contribution in [-0.2, 0) is 32.6 Å². The Labute approximate surface area is 256 Å². The number of anilines is 1. The maximum absolute atomic E-state index is 14.1. The molecule has 0 aromatic heterocycles. The predicted molar refractivity (Wildman–Crippen MR) is 168 cm³/mol. The van der Waals surface area contributed by atoms with Gasteiger partial charge in [0.2, 0.25) is 15.9 Å². The first kappa shape index (κ1) is 32.9. The van der Waals surface area contributed by atoms with Gasteiger partial charge < -0.3 is 19.2 Å². The number of hydrogen-bond acceptors (Lipinski definition) is 6. The zero-order chi connectivity index (χ0) is 31.4. The Kier molecular flexibility index (Phi) is 10.5. The largest absolute Gasteiger partial charge is 0.493 e. The fourth-order valence-electron chi connectivity index (χ4n) is 6.36. The second-order valence-electron chi connectivity index (χ2n) is 12.9. The van der Waals surface area contributed by atoms with Gasteiger partial charge in [0.15, 0.2) is 0 Å². The SMILES string of the molecule is CCCCN(C(=O)CN1C[C@H](c2ccc3c(c2)CCO3)[C@@H](C(=O)O)[C@@H]1CCNS(C)(=O)=O)c1cccc(C[N+](C)(C)C)c1. The van der Waals surface area contributed by atoms with E-state index in [4.69, 9.17) is 4.74 Å². The molecule has 2 heterocycles. The minimum Gasteiger partial charge on any atom is -0.493 e. The molecule has 2 aliphatic heterocycles. The Morgan fingerprint density at radius 1 is 1.16 bits per heavy atom. The molecule has 2 aliphatic rings. The van der Waals surface area contributed by atoms with Crippen LogP contribution in [0.25, 0.3) is 0 Å². The molecule has 2 N–H and O–H groups in total. The smallest absolute Gasteiger partial charge is 0.308 e. The van der Waals surface area contributed by atoms with E-state index in [1.165, 1.54) is 0 Å². The monoisotopic (exact) mass is 615 g/mol. The van der Waals surface area contributed by atoms with Crippen molar-refractivity contribution in [3.63, 3.8) is 0 Å². The van der Waals surface area contributed by atoms with E-state index in [9.17, 15) is 23.1 Å². The van der Waals surface area contributed by atoms with Crippen LogP contribution in [0.4, 0.5) is 5.69 Å². The number of carbonyl (C=O) groups excluding carboxylic acids is 1. The molecule has 11 heteroatoms. The summed E-state index contributed by atoms with van der Waals surface area (Å²) < 4.78 is 32.6. The van der Waals surface area contributed by atoms with Crippen LogP contribution in [0.5, 0.6) is 5.75 Å². The number of carbonyl (C=O) groups is 2. The molecule has 1 fully saturated rings. The summed E-state index contributed by atoms with van der Waals surface area (Å²) in [7, 11) is 2.93. The number of sulfonamides is 1. The first-order chi connectivity index (χ1) is 20.3. The molecule has 0 bridgehead atoms. The maximum Gasteiger partial charge on any atom is 0.308 e. The second kappa shape index (κ2) is 13.8.